The molecule has 5 rings (SSSR count). The fraction of sp³-hybridized carbons (Fsp3) is 0.0741. The number of nitrogens with one attached hydrogen (secondary N) is 2. The van der Waals surface area contributed by atoms with E-state index in [1.54, 1.807) is 6.21 Å². The third-order valence-corrected chi connectivity index (χ3v) is 5.67. The first kappa shape index (κ1) is 19.7. The van der Waals surface area contributed by atoms with Crippen LogP contribution in [0.3, 0.4) is 0 Å². The molecule has 5 heteroatoms. The predicted molar refractivity (Wildman–Crippen MR) is 130 cm³/mol. The maximum atomic E-state index is 13.1. The van der Waals surface area contributed by atoms with Crippen LogP contribution in [-0.4, -0.2) is 22.1 Å². The summed E-state index contributed by atoms with van der Waals surface area (Å²) >= 11 is 0. The number of aryl methyl sites for hydroxylation is 2. The molecule has 2 aromatic heterocycles. The van der Waals surface area contributed by atoms with Crippen molar-refractivity contribution < 1.29 is 4.79 Å². The highest BCUT2D eigenvalue weighted by atomic mass is 16.2. The van der Waals surface area contributed by atoms with Gasteiger partial charge in [-0.3, -0.25) is 4.79 Å². The molecule has 5 nitrogen and oxygen atoms in total. The number of aromatic amines is 1. The van der Waals surface area contributed by atoms with Gasteiger partial charge in [-0.1, -0.05) is 66.7 Å². The van der Waals surface area contributed by atoms with Gasteiger partial charge in [-0.15, -0.1) is 0 Å². The SMILES string of the molecule is Cc1[nH]c2c(C)cccc2c1/C=N/NC(=O)c1cc(-c2ccccc2)nc2ccccc12. The van der Waals surface area contributed by atoms with Crippen LogP contribution in [-0.2, 0) is 0 Å². The Morgan fingerprint density at radius 2 is 1.69 bits per heavy atom. The van der Waals surface area contributed by atoms with Gasteiger partial charge in [0, 0.05) is 33.1 Å². The van der Waals surface area contributed by atoms with Gasteiger partial charge in [-0.25, -0.2) is 10.4 Å². The lowest BCUT2D eigenvalue weighted by atomic mass is 10.0. The van der Waals surface area contributed by atoms with Gasteiger partial charge in [0.05, 0.1) is 23.0 Å². The summed E-state index contributed by atoms with van der Waals surface area (Å²) in [6.07, 6.45) is 1.70. The highest BCUT2D eigenvalue weighted by Gasteiger charge is 2.14. The van der Waals surface area contributed by atoms with E-state index in [2.05, 4.69) is 34.6 Å². The number of fused-ring (bicyclic) bond motifs is 2. The second kappa shape index (κ2) is 8.12. The number of hydrogen-bond donors (Lipinski definition) is 2. The molecule has 0 spiro atoms. The summed E-state index contributed by atoms with van der Waals surface area (Å²) in [6.45, 7) is 4.07. The van der Waals surface area contributed by atoms with Crippen molar-refractivity contribution >= 4 is 33.9 Å². The van der Waals surface area contributed by atoms with Gasteiger partial charge in [-0.05, 0) is 31.5 Å². The van der Waals surface area contributed by atoms with Crippen molar-refractivity contribution in [1.82, 2.24) is 15.4 Å². The molecule has 0 aliphatic carbocycles. The summed E-state index contributed by atoms with van der Waals surface area (Å²) < 4.78 is 0. The second-order valence-electron chi connectivity index (χ2n) is 7.80. The van der Waals surface area contributed by atoms with E-state index in [4.69, 9.17) is 4.98 Å². The molecule has 0 aliphatic rings. The number of hydrazone groups is 1. The second-order valence-corrected chi connectivity index (χ2v) is 7.80. The Balaban J connectivity index is 1.49. The first-order valence-corrected chi connectivity index (χ1v) is 10.5. The summed E-state index contributed by atoms with van der Waals surface area (Å²) in [4.78, 5) is 21.3. The van der Waals surface area contributed by atoms with E-state index in [9.17, 15) is 4.79 Å². The van der Waals surface area contributed by atoms with Gasteiger partial charge >= 0.3 is 0 Å². The number of aromatic nitrogens is 2. The van der Waals surface area contributed by atoms with Crippen molar-refractivity contribution in [3.05, 3.63) is 101 Å². The molecule has 3 aromatic carbocycles. The van der Waals surface area contributed by atoms with Crippen molar-refractivity contribution in [1.29, 1.82) is 0 Å². The van der Waals surface area contributed by atoms with E-state index in [-0.39, 0.29) is 5.91 Å². The van der Waals surface area contributed by atoms with Crippen molar-refractivity contribution in [3.8, 4) is 11.3 Å². The minimum atomic E-state index is -0.272. The van der Waals surface area contributed by atoms with Gasteiger partial charge < -0.3 is 4.98 Å². The Morgan fingerprint density at radius 3 is 2.53 bits per heavy atom. The van der Waals surface area contributed by atoms with Crippen LogP contribution in [0.5, 0.6) is 0 Å². The number of amides is 1. The van der Waals surface area contributed by atoms with Gasteiger partial charge in [-0.2, -0.15) is 5.10 Å². The zero-order chi connectivity index (χ0) is 22.1. The fourth-order valence-electron chi connectivity index (χ4n) is 4.02. The van der Waals surface area contributed by atoms with Crippen LogP contribution in [0.1, 0.15) is 27.2 Å². The quantitative estimate of drug-likeness (QED) is 0.288. The smallest absolute Gasteiger partial charge is 0.272 e. The highest BCUT2D eigenvalue weighted by molar-refractivity contribution is 6.08. The lowest BCUT2D eigenvalue weighted by molar-refractivity contribution is 0.0956. The standard InChI is InChI=1S/C27H22N4O/c1-17-9-8-13-21-23(18(2)29-26(17)21)16-28-31-27(32)22-15-25(19-10-4-3-5-11-19)30-24-14-7-6-12-20(22)24/h3-16,29H,1-2H3,(H,31,32)/b28-16+. The molecule has 0 atom stereocenters. The summed E-state index contributed by atoms with van der Waals surface area (Å²) in [7, 11) is 0. The van der Waals surface area contributed by atoms with Gasteiger partial charge in [0.15, 0.2) is 0 Å². The Kier molecular flexibility index (Phi) is 5.00. The lowest BCUT2D eigenvalue weighted by Gasteiger charge is -2.09. The van der Waals surface area contributed by atoms with E-state index >= 15 is 0 Å². The number of carbonyl (C=O) groups excluding carboxylic acids is 1. The number of H-pyrrole nitrogens is 1. The molecule has 0 fully saturated rings. The van der Waals surface area contributed by atoms with Gasteiger partial charge in [0.2, 0.25) is 0 Å². The molecule has 2 N–H and O–H groups in total. The minimum Gasteiger partial charge on any atom is -0.358 e. The minimum absolute atomic E-state index is 0.272. The Hall–Kier alpha value is -4.25. The van der Waals surface area contributed by atoms with Gasteiger partial charge in [0.1, 0.15) is 0 Å². The molecule has 156 valence electrons. The molecule has 32 heavy (non-hydrogen) atoms. The topological polar surface area (TPSA) is 70.1 Å². The molecule has 0 aliphatic heterocycles. The van der Waals surface area contributed by atoms with E-state index in [1.165, 1.54) is 5.56 Å². The fourth-order valence-corrected chi connectivity index (χ4v) is 4.02. The Bertz CT molecular complexity index is 1480. The maximum absolute atomic E-state index is 13.1. The molecular formula is C27H22N4O. The summed E-state index contributed by atoms with van der Waals surface area (Å²) in [5.41, 5.74) is 9.96. The first-order valence-electron chi connectivity index (χ1n) is 10.5. The zero-order valence-corrected chi connectivity index (χ0v) is 17.9. The third-order valence-electron chi connectivity index (χ3n) is 5.67. The van der Waals surface area contributed by atoms with Crippen molar-refractivity contribution in [2.24, 2.45) is 5.10 Å². The summed E-state index contributed by atoms with van der Waals surface area (Å²) in [5.74, 6) is -0.272. The van der Waals surface area contributed by atoms with E-state index in [1.807, 2.05) is 73.7 Å². The van der Waals surface area contributed by atoms with Crippen LogP contribution < -0.4 is 5.43 Å². The summed E-state index contributed by atoms with van der Waals surface area (Å²) in [5, 5.41) is 6.15. The molecule has 0 bridgehead atoms. The van der Waals surface area contributed by atoms with Crippen LogP contribution >= 0.6 is 0 Å². The lowest BCUT2D eigenvalue weighted by Crippen LogP contribution is -2.18. The van der Waals surface area contributed by atoms with Crippen LogP contribution in [0, 0.1) is 13.8 Å². The van der Waals surface area contributed by atoms with E-state index in [0.29, 0.717) is 5.56 Å². The molecule has 2 heterocycles. The largest absolute Gasteiger partial charge is 0.358 e. The molecule has 5 aromatic rings. The number of pyridine rings is 1. The van der Waals surface area contributed by atoms with Crippen LogP contribution in [0.2, 0.25) is 0 Å². The van der Waals surface area contributed by atoms with Crippen LogP contribution in [0.4, 0.5) is 0 Å². The van der Waals surface area contributed by atoms with Crippen molar-refractivity contribution in [3.63, 3.8) is 0 Å². The number of hydrogen-bond acceptors (Lipinski definition) is 3. The molecular weight excluding hydrogens is 396 g/mol. The Labute approximate surface area is 185 Å². The van der Waals surface area contributed by atoms with Gasteiger partial charge in [0.25, 0.3) is 5.91 Å². The van der Waals surface area contributed by atoms with Crippen LogP contribution in [0.25, 0.3) is 33.1 Å². The number of nitrogens with zero attached hydrogens (tertiary/aromatic N) is 2. The highest BCUT2D eigenvalue weighted by Crippen LogP contribution is 2.25. The van der Waals surface area contributed by atoms with Crippen molar-refractivity contribution in [2.45, 2.75) is 13.8 Å². The summed E-state index contributed by atoms with van der Waals surface area (Å²) in [6, 6.07) is 25.5. The average molecular weight is 419 g/mol. The molecule has 1 amide bonds. The molecule has 0 saturated carbocycles. The first-order chi connectivity index (χ1) is 15.6. The predicted octanol–water partition coefficient (Wildman–Crippen LogP) is 5.76. The monoisotopic (exact) mass is 418 g/mol. The normalized spacial score (nSPS) is 11.4. The van der Waals surface area contributed by atoms with Crippen LogP contribution in [0.15, 0.2) is 84.0 Å². The van der Waals surface area contributed by atoms with E-state index in [0.717, 1.165) is 44.3 Å². The molecule has 0 saturated heterocycles. The average Bonchev–Trinajstić information content (AvgIpc) is 3.15. The number of para-hydroxylation sites is 2. The number of benzene rings is 3. The van der Waals surface area contributed by atoms with E-state index < -0.39 is 0 Å². The third kappa shape index (κ3) is 3.54. The molecule has 0 unspecified atom stereocenters. The van der Waals surface area contributed by atoms with Crippen molar-refractivity contribution in [2.75, 3.05) is 0 Å². The Morgan fingerprint density at radius 1 is 0.938 bits per heavy atom. The maximum Gasteiger partial charge on any atom is 0.272 e. The zero-order valence-electron chi connectivity index (χ0n) is 17.9. The number of rotatable bonds is 4. The number of carbonyl (C=O) groups is 1. The molecule has 0 radical (unpaired) electrons.